The Kier molecular flexibility index (Phi) is 6.15. The molecule has 0 aromatic heterocycles. The van der Waals surface area contributed by atoms with Crippen molar-refractivity contribution >= 4 is 23.7 Å². The van der Waals surface area contributed by atoms with E-state index >= 15 is 0 Å². The molecule has 2 unspecified atom stereocenters. The van der Waals surface area contributed by atoms with E-state index in [1.54, 1.807) is 0 Å². The molecular weight excluding hydrogens is 304 g/mol. The summed E-state index contributed by atoms with van der Waals surface area (Å²) in [5.74, 6) is 1.50. The van der Waals surface area contributed by atoms with Gasteiger partial charge in [-0.2, -0.15) is 0 Å². The van der Waals surface area contributed by atoms with Gasteiger partial charge in [0.25, 0.3) is 0 Å². The van der Waals surface area contributed by atoms with Gasteiger partial charge in [0.15, 0.2) is 0 Å². The number of rotatable bonds is 4. The first kappa shape index (κ1) is 17.6. The SMILES string of the molecule is CC(=O)OC1CS[C@H](C(=O)OC2C[C@H](C)C[C@H](C(C)C)C2)O1. The van der Waals surface area contributed by atoms with Gasteiger partial charge in [0.2, 0.25) is 11.7 Å². The van der Waals surface area contributed by atoms with Gasteiger partial charge in [0.05, 0.1) is 5.75 Å². The highest BCUT2D eigenvalue weighted by Crippen LogP contribution is 2.36. The van der Waals surface area contributed by atoms with Gasteiger partial charge in [-0.3, -0.25) is 4.79 Å². The normalized spacial score (nSPS) is 35.4. The van der Waals surface area contributed by atoms with Crippen molar-refractivity contribution in [3.8, 4) is 0 Å². The Morgan fingerprint density at radius 1 is 1.18 bits per heavy atom. The monoisotopic (exact) mass is 330 g/mol. The molecule has 2 rings (SSSR count). The third-order valence-corrected chi connectivity index (χ3v) is 5.38. The Labute approximate surface area is 136 Å². The number of thioether (sulfide) groups is 1. The number of hydrogen-bond acceptors (Lipinski definition) is 6. The summed E-state index contributed by atoms with van der Waals surface area (Å²) in [6.45, 7) is 7.99. The molecule has 1 heterocycles. The smallest absolute Gasteiger partial charge is 0.346 e. The summed E-state index contributed by atoms with van der Waals surface area (Å²) in [5.41, 5.74) is -0.681. The highest BCUT2D eigenvalue weighted by Gasteiger charge is 2.37. The fraction of sp³-hybridized carbons (Fsp3) is 0.875. The predicted molar refractivity (Wildman–Crippen MR) is 84.1 cm³/mol. The average molecular weight is 330 g/mol. The zero-order valence-corrected chi connectivity index (χ0v) is 14.6. The van der Waals surface area contributed by atoms with E-state index in [0.717, 1.165) is 12.8 Å². The van der Waals surface area contributed by atoms with Crippen molar-refractivity contribution in [1.29, 1.82) is 0 Å². The molecule has 2 fully saturated rings. The molecule has 1 aliphatic carbocycles. The van der Waals surface area contributed by atoms with Crippen LogP contribution in [0.15, 0.2) is 0 Å². The molecule has 0 radical (unpaired) electrons. The summed E-state index contributed by atoms with van der Waals surface area (Å²) < 4.78 is 16.0. The summed E-state index contributed by atoms with van der Waals surface area (Å²) in [5, 5.41) is 0. The molecule has 1 saturated heterocycles. The lowest BCUT2D eigenvalue weighted by atomic mass is 9.75. The van der Waals surface area contributed by atoms with Crippen molar-refractivity contribution in [2.75, 3.05) is 5.75 Å². The maximum atomic E-state index is 12.2. The third-order valence-electron chi connectivity index (χ3n) is 4.31. The van der Waals surface area contributed by atoms with Crippen LogP contribution in [0.3, 0.4) is 0 Å². The van der Waals surface area contributed by atoms with Crippen LogP contribution in [0.25, 0.3) is 0 Å². The van der Waals surface area contributed by atoms with Crippen LogP contribution in [0.5, 0.6) is 0 Å². The summed E-state index contributed by atoms with van der Waals surface area (Å²) in [6.07, 6.45) is 2.38. The number of carbonyl (C=O) groups is 2. The van der Waals surface area contributed by atoms with Gasteiger partial charge in [-0.15, -0.1) is 11.8 Å². The van der Waals surface area contributed by atoms with E-state index < -0.39 is 17.7 Å². The fourth-order valence-electron chi connectivity index (χ4n) is 3.21. The molecule has 1 saturated carbocycles. The van der Waals surface area contributed by atoms with Crippen LogP contribution < -0.4 is 0 Å². The van der Waals surface area contributed by atoms with E-state index in [1.807, 2.05) is 0 Å². The summed E-state index contributed by atoms with van der Waals surface area (Å²) in [6, 6.07) is 0. The van der Waals surface area contributed by atoms with Gasteiger partial charge in [0.1, 0.15) is 6.10 Å². The summed E-state index contributed by atoms with van der Waals surface area (Å²) in [4.78, 5) is 23.1. The molecule has 126 valence electrons. The number of carbonyl (C=O) groups excluding carboxylic acids is 2. The molecule has 5 atom stereocenters. The van der Waals surface area contributed by atoms with Gasteiger partial charge in [-0.1, -0.05) is 20.8 Å². The molecule has 6 heteroatoms. The van der Waals surface area contributed by atoms with Crippen molar-refractivity contribution in [1.82, 2.24) is 0 Å². The molecule has 22 heavy (non-hydrogen) atoms. The lowest BCUT2D eigenvalue weighted by Gasteiger charge is -2.35. The molecule has 0 spiro atoms. The standard InChI is InChI=1S/C16H26O5S/c1-9(2)12-5-10(3)6-13(7-12)20-15(18)16-21-14(8-22-16)19-11(4)17/h9-10,12-14,16H,5-8H2,1-4H3/t10-,12+,13?,14?,16-/m1/s1. The Balaban J connectivity index is 1.83. The van der Waals surface area contributed by atoms with Crippen molar-refractivity contribution in [3.63, 3.8) is 0 Å². The zero-order chi connectivity index (χ0) is 16.3. The van der Waals surface area contributed by atoms with E-state index in [2.05, 4.69) is 20.8 Å². The van der Waals surface area contributed by atoms with E-state index in [9.17, 15) is 9.59 Å². The number of ether oxygens (including phenoxy) is 3. The van der Waals surface area contributed by atoms with Gasteiger partial charge >= 0.3 is 11.9 Å². The lowest BCUT2D eigenvalue weighted by Crippen LogP contribution is -2.34. The minimum absolute atomic E-state index is 0.0272. The van der Waals surface area contributed by atoms with Crippen LogP contribution in [0, 0.1) is 17.8 Å². The zero-order valence-electron chi connectivity index (χ0n) is 13.7. The van der Waals surface area contributed by atoms with Crippen LogP contribution in [0.1, 0.15) is 47.0 Å². The van der Waals surface area contributed by atoms with Crippen molar-refractivity contribution in [2.24, 2.45) is 17.8 Å². The van der Waals surface area contributed by atoms with Gasteiger partial charge < -0.3 is 14.2 Å². The molecule has 0 bridgehead atoms. The molecule has 0 aromatic rings. The second-order valence-corrected chi connectivity index (χ2v) is 7.81. The molecule has 0 N–H and O–H groups in total. The highest BCUT2D eigenvalue weighted by atomic mass is 32.2. The van der Waals surface area contributed by atoms with Crippen molar-refractivity contribution < 1.29 is 23.8 Å². The molecule has 2 aliphatic rings. The second-order valence-electron chi connectivity index (χ2n) is 6.72. The summed E-state index contributed by atoms with van der Waals surface area (Å²) in [7, 11) is 0. The van der Waals surface area contributed by atoms with Crippen LogP contribution in [-0.2, 0) is 23.8 Å². The van der Waals surface area contributed by atoms with Gasteiger partial charge in [-0.05, 0) is 37.0 Å². The Morgan fingerprint density at radius 3 is 2.55 bits per heavy atom. The van der Waals surface area contributed by atoms with Gasteiger partial charge in [-0.25, -0.2) is 4.79 Å². The minimum Gasteiger partial charge on any atom is -0.460 e. The predicted octanol–water partition coefficient (Wildman–Crippen LogP) is 2.97. The molecular formula is C16H26O5S. The van der Waals surface area contributed by atoms with Crippen LogP contribution in [-0.4, -0.2) is 35.5 Å². The average Bonchev–Trinajstić information content (AvgIpc) is 2.85. The molecule has 0 amide bonds. The second kappa shape index (κ2) is 7.68. The van der Waals surface area contributed by atoms with Gasteiger partial charge in [0, 0.05) is 6.92 Å². The Morgan fingerprint density at radius 2 is 1.91 bits per heavy atom. The Hall–Kier alpha value is -0.750. The quantitative estimate of drug-likeness (QED) is 0.739. The minimum atomic E-state index is -0.681. The van der Waals surface area contributed by atoms with E-state index in [0.29, 0.717) is 23.5 Å². The van der Waals surface area contributed by atoms with Crippen LogP contribution in [0.2, 0.25) is 0 Å². The maximum absolute atomic E-state index is 12.2. The fourth-order valence-corrected chi connectivity index (χ4v) is 4.08. The van der Waals surface area contributed by atoms with E-state index in [4.69, 9.17) is 14.2 Å². The van der Waals surface area contributed by atoms with Crippen molar-refractivity contribution in [3.05, 3.63) is 0 Å². The number of hydrogen-bond donors (Lipinski definition) is 0. The largest absolute Gasteiger partial charge is 0.460 e. The lowest BCUT2D eigenvalue weighted by molar-refractivity contribution is -0.183. The highest BCUT2D eigenvalue weighted by molar-refractivity contribution is 8.00. The third kappa shape index (κ3) is 4.88. The van der Waals surface area contributed by atoms with Crippen LogP contribution in [0.4, 0.5) is 0 Å². The summed E-state index contributed by atoms with van der Waals surface area (Å²) >= 11 is 1.32. The number of esters is 2. The van der Waals surface area contributed by atoms with E-state index in [-0.39, 0.29) is 12.1 Å². The van der Waals surface area contributed by atoms with E-state index in [1.165, 1.54) is 25.1 Å². The first-order chi connectivity index (χ1) is 10.3. The maximum Gasteiger partial charge on any atom is 0.346 e. The van der Waals surface area contributed by atoms with Crippen LogP contribution >= 0.6 is 11.8 Å². The Bertz CT molecular complexity index is 411. The van der Waals surface area contributed by atoms with Crippen molar-refractivity contribution in [2.45, 2.75) is 64.8 Å². The first-order valence-corrected chi connectivity index (χ1v) is 9.04. The molecule has 1 aliphatic heterocycles. The first-order valence-electron chi connectivity index (χ1n) is 8.00. The molecule has 5 nitrogen and oxygen atoms in total. The topological polar surface area (TPSA) is 61.8 Å². The molecule has 0 aromatic carbocycles.